The molecule has 0 saturated carbocycles. The minimum absolute atomic E-state index is 0.168. The number of hydrogen-bond donors (Lipinski definition) is 0. The summed E-state index contributed by atoms with van der Waals surface area (Å²) in [6.45, 7) is 1.54. The van der Waals surface area contributed by atoms with Crippen LogP contribution in [0.15, 0.2) is 12.5 Å². The van der Waals surface area contributed by atoms with Crippen LogP contribution in [0, 0.1) is 12.7 Å². The molecule has 0 atom stereocenters. The summed E-state index contributed by atoms with van der Waals surface area (Å²) < 4.78 is 14.9. The third-order valence-electron chi connectivity index (χ3n) is 2.02. The Hall–Kier alpha value is -1.49. The van der Waals surface area contributed by atoms with E-state index < -0.39 is 5.82 Å². The van der Waals surface area contributed by atoms with Crippen LogP contribution in [0.2, 0.25) is 5.15 Å². The molecule has 0 radical (unpaired) electrons. The van der Waals surface area contributed by atoms with E-state index in [0.29, 0.717) is 11.5 Å². The monoisotopic (exact) mass is 226 g/mol. The zero-order chi connectivity index (χ0) is 11.0. The molecule has 0 fully saturated rings. The maximum absolute atomic E-state index is 13.2. The minimum Gasteiger partial charge on any atom is -0.331 e. The van der Waals surface area contributed by atoms with Crippen LogP contribution in [-0.4, -0.2) is 19.5 Å². The molecule has 0 aromatic carbocycles. The molecule has 0 aliphatic rings. The highest BCUT2D eigenvalue weighted by molar-refractivity contribution is 6.29. The predicted molar refractivity (Wildman–Crippen MR) is 53.9 cm³/mol. The SMILES string of the molecule is Cc1nc(-c2cncn2C)nc(Cl)c1F. The third kappa shape index (κ3) is 1.70. The van der Waals surface area contributed by atoms with Crippen LogP contribution in [-0.2, 0) is 7.05 Å². The van der Waals surface area contributed by atoms with Crippen molar-refractivity contribution in [2.45, 2.75) is 6.92 Å². The van der Waals surface area contributed by atoms with Gasteiger partial charge in [-0.2, -0.15) is 0 Å². The highest BCUT2D eigenvalue weighted by Gasteiger charge is 2.12. The molecular formula is C9H8ClFN4. The van der Waals surface area contributed by atoms with Crippen molar-refractivity contribution in [2.75, 3.05) is 0 Å². The van der Waals surface area contributed by atoms with Gasteiger partial charge in [0.25, 0.3) is 0 Å². The van der Waals surface area contributed by atoms with E-state index in [1.807, 2.05) is 0 Å². The van der Waals surface area contributed by atoms with E-state index >= 15 is 0 Å². The number of nitrogens with zero attached hydrogens (tertiary/aromatic N) is 4. The Morgan fingerprint density at radius 3 is 2.67 bits per heavy atom. The molecule has 0 aliphatic heterocycles. The van der Waals surface area contributed by atoms with Crippen molar-refractivity contribution in [3.8, 4) is 11.5 Å². The van der Waals surface area contributed by atoms with Gasteiger partial charge in [0.05, 0.1) is 18.2 Å². The molecule has 2 aromatic heterocycles. The Bertz CT molecular complexity index is 486. The van der Waals surface area contributed by atoms with E-state index in [4.69, 9.17) is 11.6 Å². The molecule has 0 spiro atoms. The van der Waals surface area contributed by atoms with Gasteiger partial charge in [-0.25, -0.2) is 19.3 Å². The first-order valence-electron chi connectivity index (χ1n) is 4.26. The van der Waals surface area contributed by atoms with Gasteiger partial charge in [-0.15, -0.1) is 0 Å². The zero-order valence-corrected chi connectivity index (χ0v) is 8.96. The van der Waals surface area contributed by atoms with Gasteiger partial charge in [0.15, 0.2) is 16.8 Å². The topological polar surface area (TPSA) is 43.6 Å². The van der Waals surface area contributed by atoms with Crippen LogP contribution < -0.4 is 0 Å². The Labute approximate surface area is 90.8 Å². The second kappa shape index (κ2) is 3.58. The fourth-order valence-corrected chi connectivity index (χ4v) is 1.43. The van der Waals surface area contributed by atoms with E-state index in [0.717, 1.165) is 0 Å². The molecule has 2 rings (SSSR count). The molecule has 0 aliphatic carbocycles. The van der Waals surface area contributed by atoms with Crippen LogP contribution in [0.1, 0.15) is 5.69 Å². The van der Waals surface area contributed by atoms with Gasteiger partial charge in [-0.3, -0.25) is 0 Å². The lowest BCUT2D eigenvalue weighted by Gasteiger charge is -2.03. The lowest BCUT2D eigenvalue weighted by molar-refractivity contribution is 0.602. The van der Waals surface area contributed by atoms with Gasteiger partial charge in [-0.1, -0.05) is 11.6 Å². The van der Waals surface area contributed by atoms with Crippen molar-refractivity contribution in [2.24, 2.45) is 7.05 Å². The molecule has 0 amide bonds. The standard InChI is InChI=1S/C9H8ClFN4/c1-5-7(11)8(10)14-9(13-5)6-3-12-4-15(6)2/h3-4H,1-2H3. The molecule has 0 bridgehead atoms. The lowest BCUT2D eigenvalue weighted by atomic mass is 10.3. The van der Waals surface area contributed by atoms with Crippen molar-refractivity contribution in [3.63, 3.8) is 0 Å². The summed E-state index contributed by atoms with van der Waals surface area (Å²) in [6.07, 6.45) is 3.22. The van der Waals surface area contributed by atoms with Crippen molar-refractivity contribution in [3.05, 3.63) is 29.2 Å². The van der Waals surface area contributed by atoms with Gasteiger partial charge in [0, 0.05) is 7.05 Å². The summed E-state index contributed by atoms with van der Waals surface area (Å²) in [5, 5.41) is -0.168. The molecule has 0 N–H and O–H groups in total. The van der Waals surface area contributed by atoms with Gasteiger partial charge in [0.1, 0.15) is 5.69 Å². The Morgan fingerprint density at radius 2 is 2.13 bits per heavy atom. The summed E-state index contributed by atoms with van der Waals surface area (Å²) >= 11 is 5.63. The smallest absolute Gasteiger partial charge is 0.181 e. The average Bonchev–Trinajstić information content (AvgIpc) is 2.60. The highest BCUT2D eigenvalue weighted by Crippen LogP contribution is 2.19. The maximum atomic E-state index is 13.2. The normalized spacial score (nSPS) is 10.7. The van der Waals surface area contributed by atoms with Gasteiger partial charge in [-0.05, 0) is 6.92 Å². The zero-order valence-electron chi connectivity index (χ0n) is 8.20. The summed E-state index contributed by atoms with van der Waals surface area (Å²) in [7, 11) is 1.80. The number of aryl methyl sites for hydroxylation is 2. The fraction of sp³-hybridized carbons (Fsp3) is 0.222. The van der Waals surface area contributed by atoms with Gasteiger partial charge >= 0.3 is 0 Å². The summed E-state index contributed by atoms with van der Waals surface area (Å²) in [6, 6.07) is 0. The number of hydrogen-bond acceptors (Lipinski definition) is 3. The van der Waals surface area contributed by atoms with E-state index in [2.05, 4.69) is 15.0 Å². The number of aromatic nitrogens is 4. The van der Waals surface area contributed by atoms with Crippen LogP contribution in [0.3, 0.4) is 0 Å². The molecule has 15 heavy (non-hydrogen) atoms. The first-order valence-corrected chi connectivity index (χ1v) is 4.63. The van der Waals surface area contributed by atoms with E-state index in [9.17, 15) is 4.39 Å². The highest BCUT2D eigenvalue weighted by atomic mass is 35.5. The Balaban J connectivity index is 2.60. The quantitative estimate of drug-likeness (QED) is 0.699. The number of imidazole rings is 1. The van der Waals surface area contributed by atoms with E-state index in [1.54, 1.807) is 31.1 Å². The molecule has 2 aromatic rings. The largest absolute Gasteiger partial charge is 0.331 e. The summed E-state index contributed by atoms with van der Waals surface area (Å²) in [5.41, 5.74) is 0.922. The Kier molecular flexibility index (Phi) is 2.40. The van der Waals surface area contributed by atoms with Gasteiger partial charge < -0.3 is 4.57 Å². The molecular weight excluding hydrogens is 219 g/mol. The number of rotatable bonds is 1. The predicted octanol–water partition coefficient (Wildman–Crippen LogP) is 1.98. The fourth-order valence-electron chi connectivity index (χ4n) is 1.21. The lowest BCUT2D eigenvalue weighted by Crippen LogP contribution is -2.00. The van der Waals surface area contributed by atoms with Crippen LogP contribution >= 0.6 is 11.6 Å². The van der Waals surface area contributed by atoms with Crippen molar-refractivity contribution < 1.29 is 4.39 Å². The molecule has 78 valence electrons. The maximum Gasteiger partial charge on any atom is 0.181 e. The van der Waals surface area contributed by atoms with Crippen molar-refractivity contribution in [1.82, 2.24) is 19.5 Å². The molecule has 2 heterocycles. The van der Waals surface area contributed by atoms with E-state index in [1.165, 1.54) is 0 Å². The Morgan fingerprint density at radius 1 is 1.40 bits per heavy atom. The second-order valence-electron chi connectivity index (χ2n) is 3.13. The molecule has 4 nitrogen and oxygen atoms in total. The molecule has 6 heteroatoms. The summed E-state index contributed by atoms with van der Waals surface area (Å²) in [4.78, 5) is 11.8. The van der Waals surface area contributed by atoms with Gasteiger partial charge in [0.2, 0.25) is 0 Å². The third-order valence-corrected chi connectivity index (χ3v) is 2.27. The first-order chi connectivity index (χ1) is 7.09. The van der Waals surface area contributed by atoms with Crippen LogP contribution in [0.5, 0.6) is 0 Å². The average molecular weight is 227 g/mol. The molecule has 0 saturated heterocycles. The second-order valence-corrected chi connectivity index (χ2v) is 3.49. The molecule has 0 unspecified atom stereocenters. The first kappa shape index (κ1) is 10.0. The van der Waals surface area contributed by atoms with Crippen LogP contribution in [0.4, 0.5) is 4.39 Å². The van der Waals surface area contributed by atoms with Crippen molar-refractivity contribution >= 4 is 11.6 Å². The minimum atomic E-state index is -0.581. The van der Waals surface area contributed by atoms with Crippen molar-refractivity contribution in [1.29, 1.82) is 0 Å². The van der Waals surface area contributed by atoms with E-state index in [-0.39, 0.29) is 10.8 Å². The number of halogens is 2. The van der Waals surface area contributed by atoms with Crippen LogP contribution in [0.25, 0.3) is 11.5 Å². The summed E-state index contributed by atoms with van der Waals surface area (Å²) in [5.74, 6) is -0.207.